The molecular formula is C27H31ClN4O3. The van der Waals surface area contributed by atoms with Gasteiger partial charge in [-0.25, -0.2) is 4.79 Å². The number of carbonyl (C=O) groups is 1. The first kappa shape index (κ1) is 24.0. The first-order chi connectivity index (χ1) is 16.8. The van der Waals surface area contributed by atoms with Crippen molar-refractivity contribution in [1.29, 1.82) is 0 Å². The second kappa shape index (κ2) is 9.72. The molecule has 0 aliphatic carbocycles. The highest BCUT2D eigenvalue weighted by Crippen LogP contribution is 2.37. The number of benzene rings is 2. The van der Waals surface area contributed by atoms with Crippen LogP contribution >= 0.6 is 11.6 Å². The van der Waals surface area contributed by atoms with Crippen LogP contribution in [0.3, 0.4) is 0 Å². The fourth-order valence-electron chi connectivity index (χ4n) is 4.97. The van der Waals surface area contributed by atoms with Crippen LogP contribution in [0.1, 0.15) is 25.8 Å². The molecule has 1 spiro atoms. The average Bonchev–Trinajstić information content (AvgIpc) is 3.07. The second-order valence-corrected chi connectivity index (χ2v) is 10.8. The predicted molar refractivity (Wildman–Crippen MR) is 136 cm³/mol. The zero-order chi connectivity index (χ0) is 24.6. The molecule has 0 N–H and O–H groups in total. The molecule has 35 heavy (non-hydrogen) atoms. The smallest absolute Gasteiger partial charge is 0.351 e. The lowest BCUT2D eigenvalue weighted by Gasteiger charge is -2.55. The van der Waals surface area contributed by atoms with E-state index in [2.05, 4.69) is 10.00 Å². The number of carbonyl (C=O) groups excluding carboxylic acids is 1. The Morgan fingerprint density at radius 1 is 1.14 bits per heavy atom. The largest absolute Gasteiger partial charge is 0.380 e. The molecule has 8 heteroatoms. The van der Waals surface area contributed by atoms with Gasteiger partial charge in [-0.15, -0.1) is 5.10 Å². The molecule has 5 rings (SSSR count). The third-order valence-electron chi connectivity index (χ3n) is 6.75. The van der Waals surface area contributed by atoms with E-state index < -0.39 is 0 Å². The first-order valence-corrected chi connectivity index (χ1v) is 12.6. The maximum absolute atomic E-state index is 13.4. The van der Waals surface area contributed by atoms with E-state index in [4.69, 9.17) is 16.3 Å². The van der Waals surface area contributed by atoms with Crippen molar-refractivity contribution in [3.05, 3.63) is 69.6 Å². The Morgan fingerprint density at radius 2 is 1.89 bits per heavy atom. The van der Waals surface area contributed by atoms with Gasteiger partial charge < -0.3 is 9.64 Å². The zero-order valence-corrected chi connectivity index (χ0v) is 21.0. The molecule has 0 radical (unpaired) electrons. The minimum absolute atomic E-state index is 0.00140. The van der Waals surface area contributed by atoms with Crippen molar-refractivity contribution < 1.29 is 9.53 Å². The Morgan fingerprint density at radius 3 is 2.51 bits per heavy atom. The third kappa shape index (κ3) is 5.13. The summed E-state index contributed by atoms with van der Waals surface area (Å²) in [5.41, 5.74) is 2.69. The molecule has 7 nitrogen and oxygen atoms in total. The molecule has 184 valence electrons. The van der Waals surface area contributed by atoms with Gasteiger partial charge in [-0.1, -0.05) is 49.7 Å². The van der Waals surface area contributed by atoms with Crippen LogP contribution in [0.2, 0.25) is 5.02 Å². The van der Waals surface area contributed by atoms with Crippen molar-refractivity contribution in [3.63, 3.8) is 0 Å². The van der Waals surface area contributed by atoms with Crippen molar-refractivity contribution in [2.45, 2.75) is 33.2 Å². The van der Waals surface area contributed by atoms with E-state index >= 15 is 0 Å². The molecule has 2 saturated heterocycles. The van der Waals surface area contributed by atoms with Gasteiger partial charge in [0.15, 0.2) is 11.6 Å². The van der Waals surface area contributed by atoms with Gasteiger partial charge in [0.1, 0.15) is 0 Å². The van der Waals surface area contributed by atoms with Crippen LogP contribution in [0.4, 0.5) is 0 Å². The Balaban J connectivity index is 1.36. The summed E-state index contributed by atoms with van der Waals surface area (Å²) in [5.74, 6) is 0.658. The lowest BCUT2D eigenvalue weighted by atomic mass is 9.78. The number of rotatable bonds is 9. The monoisotopic (exact) mass is 494 g/mol. The molecule has 3 aromatic rings. The number of hydrogen-bond donors (Lipinski definition) is 0. The van der Waals surface area contributed by atoms with Crippen LogP contribution in [-0.2, 0) is 22.5 Å². The van der Waals surface area contributed by atoms with Crippen molar-refractivity contribution in [3.8, 4) is 17.1 Å². The summed E-state index contributed by atoms with van der Waals surface area (Å²) in [4.78, 5) is 28.4. The van der Waals surface area contributed by atoms with Gasteiger partial charge >= 0.3 is 5.69 Å². The Bertz CT molecular complexity index is 1270. The molecule has 0 bridgehead atoms. The molecular weight excluding hydrogens is 464 g/mol. The van der Waals surface area contributed by atoms with E-state index in [9.17, 15) is 9.59 Å². The summed E-state index contributed by atoms with van der Waals surface area (Å²) < 4.78 is 8.18. The van der Waals surface area contributed by atoms with Crippen LogP contribution in [0.15, 0.2) is 53.3 Å². The normalized spacial score (nSPS) is 16.9. The molecule has 1 aromatic heterocycles. The highest BCUT2D eigenvalue weighted by Gasteiger charge is 2.48. The Hall–Kier alpha value is -2.74. The summed E-state index contributed by atoms with van der Waals surface area (Å²) in [6.07, 6.45) is 1.37. The number of ketones is 1. The van der Waals surface area contributed by atoms with E-state index in [0.29, 0.717) is 33.9 Å². The van der Waals surface area contributed by atoms with E-state index in [1.165, 1.54) is 14.8 Å². The van der Waals surface area contributed by atoms with Gasteiger partial charge in [-0.3, -0.25) is 9.36 Å². The summed E-state index contributed by atoms with van der Waals surface area (Å²) in [6, 6.07) is 15.1. The van der Waals surface area contributed by atoms with E-state index in [1.807, 2.05) is 50.2 Å². The lowest BCUT2D eigenvalue weighted by Crippen LogP contribution is -2.66. The van der Waals surface area contributed by atoms with Gasteiger partial charge in [0, 0.05) is 42.1 Å². The number of nitrogens with zero attached hydrogens (tertiary/aromatic N) is 4. The minimum atomic E-state index is -0.335. The maximum atomic E-state index is 13.4. The van der Waals surface area contributed by atoms with Gasteiger partial charge in [-0.05, 0) is 42.2 Å². The minimum Gasteiger partial charge on any atom is -0.380 e. The molecule has 2 fully saturated rings. The standard InChI is InChI=1S/C27H31ClN4O3/c1-19(2)12-24(33)14-31-25(21-4-3-5-22(28)13-21)29-32(26(31)34)23-8-6-20(7-9-23)10-11-30-15-27(16-30)17-35-18-27/h3-9,13,19H,10-12,14-18H2,1-2H3. The SMILES string of the molecule is CC(C)CC(=O)Cn1c(-c2cccc(Cl)c2)nn(-c2ccc(CCN3CC4(COC4)C3)cc2)c1=O. The molecule has 0 atom stereocenters. The molecule has 3 heterocycles. The second-order valence-electron chi connectivity index (χ2n) is 10.4. The third-order valence-corrected chi connectivity index (χ3v) is 6.98. The fourth-order valence-corrected chi connectivity index (χ4v) is 5.16. The van der Waals surface area contributed by atoms with Crippen molar-refractivity contribution >= 4 is 17.4 Å². The number of ether oxygens (including phenoxy) is 1. The van der Waals surface area contributed by atoms with E-state index in [0.717, 1.165) is 39.3 Å². The molecule has 0 unspecified atom stereocenters. The van der Waals surface area contributed by atoms with Crippen molar-refractivity contribution in [2.75, 3.05) is 32.8 Å². The van der Waals surface area contributed by atoms with Gasteiger partial charge in [0.2, 0.25) is 0 Å². The van der Waals surface area contributed by atoms with E-state index in [-0.39, 0.29) is 23.9 Å². The highest BCUT2D eigenvalue weighted by molar-refractivity contribution is 6.30. The highest BCUT2D eigenvalue weighted by atomic mass is 35.5. The maximum Gasteiger partial charge on any atom is 0.351 e. The van der Waals surface area contributed by atoms with Crippen LogP contribution in [-0.4, -0.2) is 57.9 Å². The summed E-state index contributed by atoms with van der Waals surface area (Å²) in [7, 11) is 0. The number of hydrogen-bond acceptors (Lipinski definition) is 5. The first-order valence-electron chi connectivity index (χ1n) is 12.2. The topological polar surface area (TPSA) is 69.4 Å². The van der Waals surface area contributed by atoms with Crippen molar-refractivity contribution in [2.24, 2.45) is 11.3 Å². The van der Waals surface area contributed by atoms with Crippen LogP contribution in [0, 0.1) is 11.3 Å². The Labute approximate surface area is 210 Å². The number of halogens is 1. The van der Waals surface area contributed by atoms with Crippen molar-refractivity contribution in [1.82, 2.24) is 19.2 Å². The van der Waals surface area contributed by atoms with Crippen LogP contribution < -0.4 is 5.69 Å². The summed E-state index contributed by atoms with van der Waals surface area (Å²) in [6.45, 7) is 9.04. The number of Topliss-reactive ketones (excluding diaryl/α,β-unsaturated/α-hetero) is 1. The van der Waals surface area contributed by atoms with Gasteiger partial charge in [0.05, 0.1) is 25.4 Å². The molecule has 2 aliphatic heterocycles. The van der Waals surface area contributed by atoms with E-state index in [1.54, 1.807) is 12.1 Å². The summed E-state index contributed by atoms with van der Waals surface area (Å²) in [5, 5.41) is 5.17. The Kier molecular flexibility index (Phi) is 6.66. The number of likely N-dealkylation sites (tertiary alicyclic amines) is 1. The molecule has 2 aromatic carbocycles. The summed E-state index contributed by atoms with van der Waals surface area (Å²) >= 11 is 6.20. The van der Waals surface area contributed by atoms with Crippen LogP contribution in [0.5, 0.6) is 0 Å². The number of aromatic nitrogens is 3. The average molecular weight is 495 g/mol. The van der Waals surface area contributed by atoms with Gasteiger partial charge in [0.25, 0.3) is 0 Å². The quantitative estimate of drug-likeness (QED) is 0.452. The molecule has 0 amide bonds. The van der Waals surface area contributed by atoms with Gasteiger partial charge in [-0.2, -0.15) is 4.68 Å². The lowest BCUT2D eigenvalue weighted by molar-refractivity contribution is -0.188. The zero-order valence-electron chi connectivity index (χ0n) is 20.2. The van der Waals surface area contributed by atoms with Crippen LogP contribution in [0.25, 0.3) is 17.1 Å². The molecule has 2 aliphatic rings. The predicted octanol–water partition coefficient (Wildman–Crippen LogP) is 3.84. The molecule has 0 saturated carbocycles. The fraction of sp³-hybridized carbons (Fsp3) is 0.444.